The molecule has 0 bridgehead atoms. The van der Waals surface area contributed by atoms with Crippen LogP contribution in [0.1, 0.15) is 10.5 Å². The first-order valence-corrected chi connectivity index (χ1v) is 4.09. The van der Waals surface area contributed by atoms with Gasteiger partial charge in [0.05, 0.1) is 0 Å². The van der Waals surface area contributed by atoms with Gasteiger partial charge in [0, 0.05) is 24.2 Å². The van der Waals surface area contributed by atoms with Crippen LogP contribution in [0.15, 0.2) is 36.8 Å². The van der Waals surface area contributed by atoms with Crippen molar-refractivity contribution in [3.05, 3.63) is 42.5 Å². The van der Waals surface area contributed by atoms with E-state index in [4.69, 9.17) is 0 Å². The highest BCUT2D eigenvalue weighted by molar-refractivity contribution is 5.72. The molecule has 0 aliphatic rings. The molecule has 0 spiro atoms. The second-order valence-electron chi connectivity index (χ2n) is 2.66. The summed E-state index contributed by atoms with van der Waals surface area (Å²) in [6.45, 7) is 0. The van der Waals surface area contributed by atoms with Gasteiger partial charge in [-0.2, -0.15) is 0 Å². The fourth-order valence-corrected chi connectivity index (χ4v) is 1.07. The van der Waals surface area contributed by atoms with Gasteiger partial charge in [0.1, 0.15) is 5.69 Å². The Morgan fingerprint density at radius 3 is 2.86 bits per heavy atom. The van der Waals surface area contributed by atoms with Crippen LogP contribution in [0, 0.1) is 0 Å². The topological polar surface area (TPSA) is 55.7 Å². The number of carbonyl (C=O) groups excluding carboxylic acids is 1. The molecule has 0 fully saturated rings. The Balaban J connectivity index is 2.47. The molecule has 0 saturated carbocycles. The Hall–Kier alpha value is -2.10. The van der Waals surface area contributed by atoms with E-state index in [9.17, 15) is 4.79 Å². The maximum absolute atomic E-state index is 10.5. The van der Waals surface area contributed by atoms with Gasteiger partial charge in [-0.25, -0.2) is 9.97 Å². The molecule has 0 amide bonds. The number of hydrogen-bond donors (Lipinski definition) is 0. The van der Waals surface area contributed by atoms with E-state index < -0.39 is 0 Å². The van der Waals surface area contributed by atoms with Crippen LogP contribution < -0.4 is 0 Å². The van der Waals surface area contributed by atoms with Crippen molar-refractivity contribution in [2.75, 3.05) is 0 Å². The van der Waals surface area contributed by atoms with Crippen molar-refractivity contribution < 1.29 is 4.79 Å². The molecule has 2 rings (SSSR count). The lowest BCUT2D eigenvalue weighted by atomic mass is 10.2. The minimum absolute atomic E-state index is 0.374. The normalized spacial score (nSPS) is 9.71. The van der Waals surface area contributed by atoms with Gasteiger partial charge >= 0.3 is 0 Å². The monoisotopic (exact) mass is 185 g/mol. The van der Waals surface area contributed by atoms with Gasteiger partial charge in [0.25, 0.3) is 0 Å². The van der Waals surface area contributed by atoms with Crippen molar-refractivity contribution in [3.8, 4) is 11.4 Å². The van der Waals surface area contributed by atoms with Crippen LogP contribution in [0.4, 0.5) is 0 Å². The summed E-state index contributed by atoms with van der Waals surface area (Å²) in [5.41, 5.74) is 1.18. The quantitative estimate of drug-likeness (QED) is 0.662. The summed E-state index contributed by atoms with van der Waals surface area (Å²) in [5, 5.41) is 0. The van der Waals surface area contributed by atoms with Crippen LogP contribution in [-0.2, 0) is 0 Å². The van der Waals surface area contributed by atoms with Crippen molar-refractivity contribution in [2.45, 2.75) is 0 Å². The van der Waals surface area contributed by atoms with E-state index in [2.05, 4.69) is 15.0 Å². The molecule has 2 aromatic heterocycles. The number of aromatic nitrogens is 3. The number of aldehydes is 1. The van der Waals surface area contributed by atoms with Crippen molar-refractivity contribution in [2.24, 2.45) is 0 Å². The van der Waals surface area contributed by atoms with Crippen molar-refractivity contribution in [1.82, 2.24) is 15.0 Å². The minimum atomic E-state index is 0.374. The summed E-state index contributed by atoms with van der Waals surface area (Å²) in [6, 6.07) is 5.20. The Kier molecular flexibility index (Phi) is 2.27. The molecule has 68 valence electrons. The summed E-state index contributed by atoms with van der Waals surface area (Å²) >= 11 is 0. The summed E-state index contributed by atoms with van der Waals surface area (Å²) in [6.07, 6.45) is 5.58. The molecule has 2 heterocycles. The summed E-state index contributed by atoms with van der Waals surface area (Å²) in [4.78, 5) is 22.5. The average molecular weight is 185 g/mol. The molecular formula is C10H7N3O. The van der Waals surface area contributed by atoms with E-state index in [-0.39, 0.29) is 0 Å². The van der Waals surface area contributed by atoms with Crippen LogP contribution in [-0.4, -0.2) is 21.2 Å². The molecular weight excluding hydrogens is 178 g/mol. The first kappa shape index (κ1) is 8.50. The van der Waals surface area contributed by atoms with E-state index in [0.717, 1.165) is 5.56 Å². The largest absolute Gasteiger partial charge is 0.296 e. The predicted octanol–water partition coefficient (Wildman–Crippen LogP) is 1.35. The maximum Gasteiger partial charge on any atom is 0.168 e. The Labute approximate surface area is 80.7 Å². The standard InChI is InChI=1S/C10H7N3O/c14-7-9-3-5-12-10(13-9)8-2-1-4-11-6-8/h1-7H. The van der Waals surface area contributed by atoms with Crippen LogP contribution in [0.25, 0.3) is 11.4 Å². The van der Waals surface area contributed by atoms with Gasteiger partial charge in [-0.1, -0.05) is 0 Å². The SMILES string of the molecule is O=Cc1ccnc(-c2cccnc2)n1. The minimum Gasteiger partial charge on any atom is -0.296 e. The Morgan fingerprint density at radius 2 is 2.14 bits per heavy atom. The van der Waals surface area contributed by atoms with Gasteiger partial charge in [-0.15, -0.1) is 0 Å². The molecule has 14 heavy (non-hydrogen) atoms. The average Bonchev–Trinajstić information content (AvgIpc) is 2.30. The maximum atomic E-state index is 10.5. The summed E-state index contributed by atoms with van der Waals surface area (Å²) in [7, 11) is 0. The molecule has 0 aliphatic carbocycles. The molecule has 0 atom stereocenters. The van der Waals surface area contributed by atoms with E-state index in [1.54, 1.807) is 30.7 Å². The number of carbonyl (C=O) groups is 1. The zero-order chi connectivity index (χ0) is 9.80. The number of nitrogens with zero attached hydrogens (tertiary/aromatic N) is 3. The lowest BCUT2D eigenvalue weighted by molar-refractivity contribution is 0.111. The molecule has 0 aromatic carbocycles. The highest BCUT2D eigenvalue weighted by Crippen LogP contribution is 2.11. The predicted molar refractivity (Wildman–Crippen MR) is 50.7 cm³/mol. The number of pyridine rings is 1. The molecule has 4 nitrogen and oxygen atoms in total. The lowest BCUT2D eigenvalue weighted by Crippen LogP contribution is -1.93. The van der Waals surface area contributed by atoms with E-state index in [1.165, 1.54) is 0 Å². The van der Waals surface area contributed by atoms with Crippen molar-refractivity contribution >= 4 is 6.29 Å². The molecule has 0 saturated heterocycles. The van der Waals surface area contributed by atoms with Crippen molar-refractivity contribution in [1.29, 1.82) is 0 Å². The molecule has 4 heteroatoms. The highest BCUT2D eigenvalue weighted by atomic mass is 16.1. The molecule has 0 radical (unpaired) electrons. The third-order valence-corrected chi connectivity index (χ3v) is 1.72. The zero-order valence-electron chi connectivity index (χ0n) is 7.29. The Bertz CT molecular complexity index is 442. The zero-order valence-corrected chi connectivity index (χ0v) is 7.29. The fourth-order valence-electron chi connectivity index (χ4n) is 1.07. The third-order valence-electron chi connectivity index (χ3n) is 1.72. The van der Waals surface area contributed by atoms with Crippen LogP contribution >= 0.6 is 0 Å². The smallest absolute Gasteiger partial charge is 0.168 e. The van der Waals surface area contributed by atoms with E-state index in [1.807, 2.05) is 6.07 Å². The molecule has 2 aromatic rings. The summed E-state index contributed by atoms with van der Waals surface area (Å²) in [5.74, 6) is 0.516. The first-order valence-electron chi connectivity index (χ1n) is 4.09. The second kappa shape index (κ2) is 3.74. The van der Waals surface area contributed by atoms with Crippen LogP contribution in [0.2, 0.25) is 0 Å². The van der Waals surface area contributed by atoms with Gasteiger partial charge in [-0.05, 0) is 18.2 Å². The lowest BCUT2D eigenvalue weighted by Gasteiger charge is -1.98. The van der Waals surface area contributed by atoms with E-state index in [0.29, 0.717) is 17.8 Å². The summed E-state index contributed by atoms with van der Waals surface area (Å²) < 4.78 is 0. The molecule has 0 unspecified atom stereocenters. The van der Waals surface area contributed by atoms with Gasteiger partial charge < -0.3 is 0 Å². The highest BCUT2D eigenvalue weighted by Gasteiger charge is 2.00. The van der Waals surface area contributed by atoms with Gasteiger partial charge in [-0.3, -0.25) is 9.78 Å². The van der Waals surface area contributed by atoms with E-state index >= 15 is 0 Å². The fraction of sp³-hybridized carbons (Fsp3) is 0. The van der Waals surface area contributed by atoms with Gasteiger partial charge in [0.2, 0.25) is 0 Å². The number of hydrogen-bond acceptors (Lipinski definition) is 4. The van der Waals surface area contributed by atoms with Crippen molar-refractivity contribution in [3.63, 3.8) is 0 Å². The first-order chi connectivity index (χ1) is 6.90. The Morgan fingerprint density at radius 1 is 1.21 bits per heavy atom. The second-order valence-corrected chi connectivity index (χ2v) is 2.66. The third kappa shape index (κ3) is 1.64. The van der Waals surface area contributed by atoms with Crippen LogP contribution in [0.3, 0.4) is 0 Å². The molecule has 0 N–H and O–H groups in total. The van der Waals surface area contributed by atoms with Crippen LogP contribution in [0.5, 0.6) is 0 Å². The molecule has 0 aliphatic heterocycles. The van der Waals surface area contributed by atoms with Gasteiger partial charge in [0.15, 0.2) is 12.1 Å². The number of rotatable bonds is 2.